The standard InChI is InChI=1S/C14H17F3N2O4/c1-3-8(2)11(12(20)21)19-13(22)18-9-4-6-10(7-5-9)23-14(15,16)17/h4-8,11H,3H2,1-2H3,(H,20,21)(H2,18,19,22)/t8-,11+/m1/s1. The first kappa shape index (κ1) is 18.6. The number of anilines is 1. The average molecular weight is 334 g/mol. The first-order valence-electron chi connectivity index (χ1n) is 6.78. The van der Waals surface area contributed by atoms with Crippen molar-refractivity contribution in [1.82, 2.24) is 5.32 Å². The van der Waals surface area contributed by atoms with Gasteiger partial charge in [-0.15, -0.1) is 13.2 Å². The first-order chi connectivity index (χ1) is 10.6. The smallest absolute Gasteiger partial charge is 0.480 e. The van der Waals surface area contributed by atoms with Gasteiger partial charge in [0.25, 0.3) is 0 Å². The summed E-state index contributed by atoms with van der Waals surface area (Å²) in [7, 11) is 0. The summed E-state index contributed by atoms with van der Waals surface area (Å²) in [6.45, 7) is 3.47. The number of nitrogens with one attached hydrogen (secondary N) is 2. The number of halogens is 3. The lowest BCUT2D eigenvalue weighted by atomic mass is 9.99. The number of hydrogen-bond acceptors (Lipinski definition) is 3. The number of aliphatic carboxylic acids is 1. The lowest BCUT2D eigenvalue weighted by Gasteiger charge is -2.20. The highest BCUT2D eigenvalue weighted by Gasteiger charge is 2.31. The van der Waals surface area contributed by atoms with Crippen LogP contribution in [0.4, 0.5) is 23.7 Å². The molecule has 0 bridgehead atoms. The third kappa shape index (κ3) is 6.45. The molecule has 0 heterocycles. The van der Waals surface area contributed by atoms with E-state index >= 15 is 0 Å². The van der Waals surface area contributed by atoms with Crippen molar-refractivity contribution in [1.29, 1.82) is 0 Å². The van der Waals surface area contributed by atoms with Crippen LogP contribution in [-0.4, -0.2) is 29.5 Å². The summed E-state index contributed by atoms with van der Waals surface area (Å²) >= 11 is 0. The van der Waals surface area contributed by atoms with E-state index in [2.05, 4.69) is 15.4 Å². The molecule has 0 aliphatic heterocycles. The van der Waals surface area contributed by atoms with Crippen molar-refractivity contribution in [2.75, 3.05) is 5.32 Å². The Morgan fingerprint density at radius 1 is 1.26 bits per heavy atom. The molecule has 0 fully saturated rings. The van der Waals surface area contributed by atoms with E-state index in [4.69, 9.17) is 5.11 Å². The summed E-state index contributed by atoms with van der Waals surface area (Å²) < 4.78 is 39.8. The molecule has 0 aliphatic carbocycles. The Morgan fingerprint density at radius 3 is 2.26 bits per heavy atom. The van der Waals surface area contributed by atoms with Crippen LogP contribution >= 0.6 is 0 Å². The third-order valence-corrected chi connectivity index (χ3v) is 3.11. The molecule has 9 heteroatoms. The molecule has 0 saturated carbocycles. The van der Waals surface area contributed by atoms with Crippen molar-refractivity contribution >= 4 is 17.7 Å². The highest BCUT2D eigenvalue weighted by Crippen LogP contribution is 2.23. The van der Waals surface area contributed by atoms with Crippen molar-refractivity contribution in [3.8, 4) is 5.75 Å². The quantitative estimate of drug-likeness (QED) is 0.745. The molecule has 128 valence electrons. The Hall–Kier alpha value is -2.45. The average Bonchev–Trinajstić information content (AvgIpc) is 2.44. The second kappa shape index (κ2) is 7.70. The van der Waals surface area contributed by atoms with Gasteiger partial charge in [0.05, 0.1) is 0 Å². The molecule has 1 aromatic carbocycles. The highest BCUT2D eigenvalue weighted by molar-refractivity contribution is 5.92. The summed E-state index contributed by atoms with van der Waals surface area (Å²) in [4.78, 5) is 22.9. The van der Waals surface area contributed by atoms with E-state index in [1.54, 1.807) is 13.8 Å². The van der Waals surface area contributed by atoms with Crippen molar-refractivity contribution in [2.24, 2.45) is 5.92 Å². The molecule has 2 amide bonds. The number of amides is 2. The van der Waals surface area contributed by atoms with Crippen molar-refractivity contribution in [3.05, 3.63) is 24.3 Å². The monoisotopic (exact) mass is 334 g/mol. The minimum Gasteiger partial charge on any atom is -0.480 e. The van der Waals surface area contributed by atoms with Crippen molar-refractivity contribution in [3.63, 3.8) is 0 Å². The number of hydrogen-bond donors (Lipinski definition) is 3. The Morgan fingerprint density at radius 2 is 1.83 bits per heavy atom. The fourth-order valence-electron chi connectivity index (χ4n) is 1.73. The number of alkyl halides is 3. The van der Waals surface area contributed by atoms with E-state index in [0.717, 1.165) is 12.1 Å². The van der Waals surface area contributed by atoms with Crippen LogP contribution in [0.3, 0.4) is 0 Å². The van der Waals surface area contributed by atoms with E-state index in [1.807, 2.05) is 0 Å². The van der Waals surface area contributed by atoms with Gasteiger partial charge in [0.1, 0.15) is 11.8 Å². The van der Waals surface area contributed by atoms with Gasteiger partial charge in [-0.2, -0.15) is 0 Å². The van der Waals surface area contributed by atoms with Gasteiger partial charge in [-0.25, -0.2) is 9.59 Å². The summed E-state index contributed by atoms with van der Waals surface area (Å²) in [5, 5.41) is 13.7. The van der Waals surface area contributed by atoms with Crippen molar-refractivity contribution in [2.45, 2.75) is 32.7 Å². The van der Waals surface area contributed by atoms with Crippen molar-refractivity contribution < 1.29 is 32.6 Å². The molecular formula is C14H17F3N2O4. The predicted molar refractivity (Wildman–Crippen MR) is 76.2 cm³/mol. The van der Waals surface area contributed by atoms with E-state index in [0.29, 0.717) is 6.42 Å². The van der Waals surface area contributed by atoms with Crippen LogP contribution in [0, 0.1) is 5.92 Å². The van der Waals surface area contributed by atoms with Gasteiger partial charge in [0.15, 0.2) is 0 Å². The van der Waals surface area contributed by atoms with Crippen LogP contribution < -0.4 is 15.4 Å². The molecule has 1 aromatic rings. The maximum atomic E-state index is 12.0. The molecule has 3 N–H and O–H groups in total. The van der Waals surface area contributed by atoms with E-state index in [9.17, 15) is 22.8 Å². The molecular weight excluding hydrogens is 317 g/mol. The summed E-state index contributed by atoms with van der Waals surface area (Å²) in [6.07, 6.45) is -4.24. The first-order valence-corrected chi connectivity index (χ1v) is 6.78. The van der Waals surface area contributed by atoms with Gasteiger partial charge < -0.3 is 20.5 Å². The van der Waals surface area contributed by atoms with Gasteiger partial charge in [-0.3, -0.25) is 0 Å². The summed E-state index contributed by atoms with van der Waals surface area (Å²) in [5.74, 6) is -1.87. The Balaban J connectivity index is 2.65. The number of rotatable bonds is 6. The van der Waals surface area contributed by atoms with E-state index in [1.165, 1.54) is 12.1 Å². The zero-order chi connectivity index (χ0) is 17.6. The topological polar surface area (TPSA) is 87.7 Å². The van der Waals surface area contributed by atoms with E-state index < -0.39 is 30.2 Å². The SMILES string of the molecule is CC[C@@H](C)[C@H](NC(=O)Nc1ccc(OC(F)(F)F)cc1)C(=O)O. The zero-order valence-electron chi connectivity index (χ0n) is 12.5. The van der Waals surface area contributed by atoms with Crippen LogP contribution in [0.2, 0.25) is 0 Å². The molecule has 23 heavy (non-hydrogen) atoms. The molecule has 0 aliphatic rings. The van der Waals surface area contributed by atoms with E-state index in [-0.39, 0.29) is 11.6 Å². The number of ether oxygens (including phenoxy) is 1. The zero-order valence-corrected chi connectivity index (χ0v) is 12.5. The number of carbonyl (C=O) groups excluding carboxylic acids is 1. The maximum absolute atomic E-state index is 12.0. The van der Waals surface area contributed by atoms with Crippen LogP contribution in [0.1, 0.15) is 20.3 Å². The molecule has 0 unspecified atom stereocenters. The molecule has 2 atom stereocenters. The number of benzene rings is 1. The van der Waals surface area contributed by atoms with Gasteiger partial charge in [-0.1, -0.05) is 20.3 Å². The van der Waals surface area contributed by atoms with Gasteiger partial charge in [-0.05, 0) is 30.2 Å². The number of urea groups is 1. The van der Waals surface area contributed by atoms with Crippen LogP contribution in [0.25, 0.3) is 0 Å². The van der Waals surface area contributed by atoms with Crippen LogP contribution in [0.15, 0.2) is 24.3 Å². The van der Waals surface area contributed by atoms with Gasteiger partial charge in [0.2, 0.25) is 0 Å². The largest absolute Gasteiger partial charge is 0.573 e. The second-order valence-electron chi connectivity index (χ2n) is 4.87. The highest BCUT2D eigenvalue weighted by atomic mass is 19.4. The fraction of sp³-hybridized carbons (Fsp3) is 0.429. The minimum atomic E-state index is -4.79. The Kier molecular flexibility index (Phi) is 6.23. The lowest BCUT2D eigenvalue weighted by molar-refractivity contribution is -0.274. The molecule has 6 nitrogen and oxygen atoms in total. The molecule has 0 aromatic heterocycles. The predicted octanol–water partition coefficient (Wildman–Crippen LogP) is 3.21. The number of carboxylic acid groups (broad SMARTS) is 1. The number of carboxylic acids is 1. The third-order valence-electron chi connectivity index (χ3n) is 3.11. The normalized spacial score (nSPS) is 13.8. The maximum Gasteiger partial charge on any atom is 0.573 e. The van der Waals surface area contributed by atoms with Gasteiger partial charge in [0, 0.05) is 5.69 Å². The Labute approximate surface area is 130 Å². The molecule has 0 saturated heterocycles. The van der Waals surface area contributed by atoms with Gasteiger partial charge >= 0.3 is 18.4 Å². The molecule has 0 radical (unpaired) electrons. The number of carbonyl (C=O) groups is 2. The summed E-state index contributed by atoms with van der Waals surface area (Å²) in [5.41, 5.74) is 0.199. The van der Waals surface area contributed by atoms with Crippen LogP contribution in [0.5, 0.6) is 5.75 Å². The minimum absolute atomic E-state index is 0.199. The summed E-state index contributed by atoms with van der Waals surface area (Å²) in [6, 6.07) is 2.66. The fourth-order valence-corrected chi connectivity index (χ4v) is 1.73. The van der Waals surface area contributed by atoms with Crippen LogP contribution in [-0.2, 0) is 4.79 Å². The molecule has 0 spiro atoms. The molecule has 1 rings (SSSR count). The second-order valence-corrected chi connectivity index (χ2v) is 4.87. The Bertz CT molecular complexity index is 546. The lowest BCUT2D eigenvalue weighted by Crippen LogP contribution is -2.46.